The minimum atomic E-state index is -0.0789. The van der Waals surface area contributed by atoms with Crippen LogP contribution in [0.5, 0.6) is 11.5 Å². The first-order chi connectivity index (χ1) is 7.26. The molecule has 1 aromatic carbocycles. The van der Waals surface area contributed by atoms with Crippen molar-refractivity contribution in [2.24, 2.45) is 0 Å². The van der Waals surface area contributed by atoms with Crippen molar-refractivity contribution in [1.29, 1.82) is 5.26 Å². The van der Waals surface area contributed by atoms with Gasteiger partial charge < -0.3 is 9.47 Å². The second kappa shape index (κ2) is 5.26. The van der Waals surface area contributed by atoms with Crippen LogP contribution >= 0.6 is 0 Å². The Morgan fingerprint density at radius 1 is 1.27 bits per heavy atom. The predicted molar refractivity (Wildman–Crippen MR) is 58.2 cm³/mol. The molecule has 0 aliphatic heterocycles. The molecule has 80 valence electrons. The van der Waals surface area contributed by atoms with Gasteiger partial charge in [0.05, 0.1) is 26.2 Å². The molecular formula is C12H15NO2. The maximum Gasteiger partial charge on any atom is 0.161 e. The summed E-state index contributed by atoms with van der Waals surface area (Å²) in [4.78, 5) is 0. The molecule has 0 heterocycles. The fourth-order valence-electron chi connectivity index (χ4n) is 1.47. The molecule has 3 nitrogen and oxygen atoms in total. The van der Waals surface area contributed by atoms with E-state index in [0.29, 0.717) is 11.5 Å². The second-order valence-electron chi connectivity index (χ2n) is 3.20. The van der Waals surface area contributed by atoms with Gasteiger partial charge in [-0.15, -0.1) is 0 Å². The SMILES string of the molecule is CCC(C#N)c1ccc(OC)c(OC)c1. The molecule has 0 aliphatic carbocycles. The van der Waals surface area contributed by atoms with E-state index in [1.165, 1.54) is 0 Å². The fraction of sp³-hybridized carbons (Fsp3) is 0.417. The first-order valence-corrected chi connectivity index (χ1v) is 4.88. The van der Waals surface area contributed by atoms with Crippen LogP contribution < -0.4 is 9.47 Å². The molecule has 15 heavy (non-hydrogen) atoms. The van der Waals surface area contributed by atoms with E-state index in [1.54, 1.807) is 14.2 Å². The molecule has 0 fully saturated rings. The van der Waals surface area contributed by atoms with Crippen molar-refractivity contribution < 1.29 is 9.47 Å². The average molecular weight is 205 g/mol. The van der Waals surface area contributed by atoms with Crippen LogP contribution in [0, 0.1) is 11.3 Å². The summed E-state index contributed by atoms with van der Waals surface area (Å²) in [5.41, 5.74) is 0.970. The number of hydrogen-bond acceptors (Lipinski definition) is 3. The molecule has 0 amide bonds. The summed E-state index contributed by atoms with van der Waals surface area (Å²) in [5, 5.41) is 8.95. The Labute approximate surface area is 90.2 Å². The quantitative estimate of drug-likeness (QED) is 0.759. The Balaban J connectivity index is 3.08. The molecule has 1 unspecified atom stereocenters. The van der Waals surface area contributed by atoms with Crippen LogP contribution in [-0.2, 0) is 0 Å². The maximum absolute atomic E-state index is 8.95. The summed E-state index contributed by atoms with van der Waals surface area (Å²) < 4.78 is 10.3. The van der Waals surface area contributed by atoms with Crippen LogP contribution in [0.15, 0.2) is 18.2 Å². The number of nitriles is 1. The molecule has 0 spiro atoms. The van der Waals surface area contributed by atoms with Gasteiger partial charge in [-0.05, 0) is 24.1 Å². The highest BCUT2D eigenvalue weighted by Gasteiger charge is 2.11. The van der Waals surface area contributed by atoms with Gasteiger partial charge in [-0.2, -0.15) is 5.26 Å². The molecular weight excluding hydrogens is 190 g/mol. The average Bonchev–Trinajstić information content (AvgIpc) is 2.30. The van der Waals surface area contributed by atoms with E-state index < -0.39 is 0 Å². The summed E-state index contributed by atoms with van der Waals surface area (Å²) in [5.74, 6) is 1.28. The van der Waals surface area contributed by atoms with Crippen molar-refractivity contribution >= 4 is 0 Å². The summed E-state index contributed by atoms with van der Waals surface area (Å²) in [7, 11) is 3.19. The van der Waals surface area contributed by atoms with Gasteiger partial charge in [0.25, 0.3) is 0 Å². The Morgan fingerprint density at radius 2 is 1.93 bits per heavy atom. The van der Waals surface area contributed by atoms with E-state index in [-0.39, 0.29) is 5.92 Å². The summed E-state index contributed by atoms with van der Waals surface area (Å²) in [6.45, 7) is 1.99. The highest BCUT2D eigenvalue weighted by atomic mass is 16.5. The summed E-state index contributed by atoms with van der Waals surface area (Å²) in [6.07, 6.45) is 0.798. The molecule has 0 saturated carbocycles. The van der Waals surface area contributed by atoms with E-state index in [2.05, 4.69) is 6.07 Å². The fourth-order valence-corrected chi connectivity index (χ4v) is 1.47. The maximum atomic E-state index is 8.95. The van der Waals surface area contributed by atoms with E-state index >= 15 is 0 Å². The standard InChI is InChI=1S/C12H15NO2/c1-4-9(8-13)10-5-6-11(14-2)12(7-10)15-3/h5-7,9H,4H2,1-3H3. The molecule has 3 heteroatoms. The Kier molecular flexibility index (Phi) is 3.99. The van der Waals surface area contributed by atoms with Gasteiger partial charge in [0.1, 0.15) is 0 Å². The zero-order chi connectivity index (χ0) is 11.3. The number of nitrogens with zero attached hydrogens (tertiary/aromatic N) is 1. The molecule has 0 saturated heterocycles. The third-order valence-corrected chi connectivity index (χ3v) is 2.37. The number of methoxy groups -OCH3 is 2. The lowest BCUT2D eigenvalue weighted by Gasteiger charge is -2.11. The van der Waals surface area contributed by atoms with E-state index in [9.17, 15) is 0 Å². The number of hydrogen-bond donors (Lipinski definition) is 0. The third-order valence-electron chi connectivity index (χ3n) is 2.37. The van der Waals surface area contributed by atoms with Crippen molar-refractivity contribution in [1.82, 2.24) is 0 Å². The monoisotopic (exact) mass is 205 g/mol. The van der Waals surface area contributed by atoms with Gasteiger partial charge in [-0.25, -0.2) is 0 Å². The highest BCUT2D eigenvalue weighted by Crippen LogP contribution is 2.31. The van der Waals surface area contributed by atoms with Gasteiger partial charge in [-0.1, -0.05) is 13.0 Å². The van der Waals surface area contributed by atoms with Gasteiger partial charge >= 0.3 is 0 Å². The van der Waals surface area contributed by atoms with Crippen molar-refractivity contribution in [3.8, 4) is 17.6 Å². The van der Waals surface area contributed by atoms with Gasteiger partial charge in [0.2, 0.25) is 0 Å². The minimum absolute atomic E-state index is 0.0789. The molecule has 0 aromatic heterocycles. The number of benzene rings is 1. The van der Waals surface area contributed by atoms with E-state index in [4.69, 9.17) is 14.7 Å². The van der Waals surface area contributed by atoms with Crippen molar-refractivity contribution in [2.75, 3.05) is 14.2 Å². The normalized spacial score (nSPS) is 11.6. The lowest BCUT2D eigenvalue weighted by Crippen LogP contribution is -1.96. The topological polar surface area (TPSA) is 42.2 Å². The van der Waals surface area contributed by atoms with Crippen LogP contribution in [0.1, 0.15) is 24.8 Å². The van der Waals surface area contributed by atoms with Crippen molar-refractivity contribution in [2.45, 2.75) is 19.3 Å². The van der Waals surface area contributed by atoms with Crippen LogP contribution in [-0.4, -0.2) is 14.2 Å². The van der Waals surface area contributed by atoms with Gasteiger partial charge in [-0.3, -0.25) is 0 Å². The number of ether oxygens (including phenoxy) is 2. The smallest absolute Gasteiger partial charge is 0.161 e. The van der Waals surface area contributed by atoms with Crippen LogP contribution in [0.2, 0.25) is 0 Å². The Bertz CT molecular complexity index is 368. The number of rotatable bonds is 4. The highest BCUT2D eigenvalue weighted by molar-refractivity contribution is 5.44. The first-order valence-electron chi connectivity index (χ1n) is 4.88. The van der Waals surface area contributed by atoms with Crippen LogP contribution in [0.25, 0.3) is 0 Å². The molecule has 0 aliphatic rings. The third kappa shape index (κ3) is 2.41. The zero-order valence-electron chi connectivity index (χ0n) is 9.28. The van der Waals surface area contributed by atoms with Gasteiger partial charge in [0, 0.05) is 0 Å². The lowest BCUT2D eigenvalue weighted by molar-refractivity contribution is 0.354. The van der Waals surface area contributed by atoms with Crippen LogP contribution in [0.4, 0.5) is 0 Å². The van der Waals surface area contributed by atoms with Crippen LogP contribution in [0.3, 0.4) is 0 Å². The zero-order valence-corrected chi connectivity index (χ0v) is 9.28. The summed E-state index contributed by atoms with van der Waals surface area (Å²) in [6, 6.07) is 7.85. The molecule has 1 atom stereocenters. The largest absolute Gasteiger partial charge is 0.493 e. The predicted octanol–water partition coefficient (Wildman–Crippen LogP) is 2.72. The second-order valence-corrected chi connectivity index (χ2v) is 3.20. The molecule has 0 bridgehead atoms. The molecule has 0 radical (unpaired) electrons. The molecule has 1 rings (SSSR count). The van der Waals surface area contributed by atoms with Crippen molar-refractivity contribution in [3.05, 3.63) is 23.8 Å². The molecule has 1 aromatic rings. The minimum Gasteiger partial charge on any atom is -0.493 e. The van der Waals surface area contributed by atoms with E-state index in [0.717, 1.165) is 12.0 Å². The Hall–Kier alpha value is -1.69. The van der Waals surface area contributed by atoms with E-state index in [1.807, 2.05) is 25.1 Å². The lowest BCUT2D eigenvalue weighted by atomic mass is 9.98. The first kappa shape index (κ1) is 11.4. The molecule has 0 N–H and O–H groups in total. The Morgan fingerprint density at radius 3 is 2.40 bits per heavy atom. The summed E-state index contributed by atoms with van der Waals surface area (Å²) >= 11 is 0. The van der Waals surface area contributed by atoms with Gasteiger partial charge in [0.15, 0.2) is 11.5 Å². The van der Waals surface area contributed by atoms with Crippen molar-refractivity contribution in [3.63, 3.8) is 0 Å².